The van der Waals surface area contributed by atoms with Crippen LogP contribution in [-0.2, 0) is 24.8 Å². The van der Waals surface area contributed by atoms with E-state index in [1.807, 2.05) is 31.2 Å². The second-order valence-electron chi connectivity index (χ2n) is 9.54. The van der Waals surface area contributed by atoms with Crippen molar-refractivity contribution in [3.63, 3.8) is 0 Å². The maximum Gasteiger partial charge on any atom is 0.330 e. The summed E-state index contributed by atoms with van der Waals surface area (Å²) in [6, 6.07) is 7.94. The molecule has 4 atom stereocenters. The minimum Gasteiger partial charge on any atom is -0.390 e. The predicted molar refractivity (Wildman–Crippen MR) is 141 cm³/mol. The summed E-state index contributed by atoms with van der Waals surface area (Å²) in [6.45, 7) is 5.07. The third-order valence-electron chi connectivity index (χ3n) is 6.32. The van der Waals surface area contributed by atoms with E-state index < -0.39 is 37.3 Å². The molecular weight excluding hydrogens is 511 g/mol. The topological polar surface area (TPSA) is 146 Å². The van der Waals surface area contributed by atoms with Crippen LogP contribution in [-0.4, -0.2) is 56.7 Å². The summed E-state index contributed by atoms with van der Waals surface area (Å²) in [5, 5.41) is 10.4. The van der Waals surface area contributed by atoms with Crippen molar-refractivity contribution in [2.24, 2.45) is 0 Å². The Hall–Kier alpha value is -2.95. The van der Waals surface area contributed by atoms with Crippen molar-refractivity contribution in [3.05, 3.63) is 80.4 Å². The largest absolute Gasteiger partial charge is 0.390 e. The summed E-state index contributed by atoms with van der Waals surface area (Å²) in [5.74, 6) is 0. The fourth-order valence-electron chi connectivity index (χ4n) is 4.19. The third kappa shape index (κ3) is 7.33. The molecule has 0 radical (unpaired) electrons. The minimum absolute atomic E-state index is 0.130. The summed E-state index contributed by atoms with van der Waals surface area (Å²) in [5.41, 5.74) is 3.17. The van der Waals surface area contributed by atoms with Gasteiger partial charge in [0.05, 0.1) is 30.7 Å². The number of aliphatic hydroxyl groups excluding tert-OH is 1. The average molecular weight is 545 g/mol. The van der Waals surface area contributed by atoms with E-state index >= 15 is 0 Å². The Labute approximate surface area is 220 Å². The van der Waals surface area contributed by atoms with Crippen LogP contribution in [0.3, 0.4) is 0 Å². The van der Waals surface area contributed by atoms with Gasteiger partial charge in [0.2, 0.25) is 0 Å². The molecule has 11 nitrogen and oxygen atoms in total. The Kier molecular flexibility index (Phi) is 9.07. The van der Waals surface area contributed by atoms with E-state index in [9.17, 15) is 19.3 Å². The normalized spacial score (nSPS) is 20.9. The fraction of sp³-hybridized carbons (Fsp3) is 0.462. The van der Waals surface area contributed by atoms with Gasteiger partial charge in [0.15, 0.2) is 0 Å². The molecule has 3 aromatic heterocycles. The number of hydrogen-bond acceptors (Lipinski definition) is 9. The number of nitrogens with zero attached hydrogens (tertiary/aromatic N) is 3. The van der Waals surface area contributed by atoms with E-state index in [0.29, 0.717) is 12.0 Å². The van der Waals surface area contributed by atoms with Crippen LogP contribution in [0, 0.1) is 13.8 Å². The molecule has 204 valence electrons. The maximum atomic E-state index is 12.7. The number of aromatic amines is 1. The van der Waals surface area contributed by atoms with Gasteiger partial charge in [-0.25, -0.2) is 4.79 Å². The second kappa shape index (κ2) is 12.3. The number of aromatic nitrogens is 4. The zero-order chi connectivity index (χ0) is 27.3. The minimum atomic E-state index is -3.38. The number of aliphatic hydroxyl groups is 1. The molecule has 2 N–H and O–H groups in total. The average Bonchev–Trinajstić information content (AvgIpc) is 3.25. The Balaban J connectivity index is 1.20. The highest BCUT2D eigenvalue weighted by Gasteiger charge is 2.37. The van der Waals surface area contributed by atoms with Crippen molar-refractivity contribution >= 4 is 7.60 Å². The van der Waals surface area contributed by atoms with Gasteiger partial charge >= 0.3 is 13.3 Å². The van der Waals surface area contributed by atoms with Gasteiger partial charge in [-0.3, -0.25) is 28.9 Å². The molecule has 0 bridgehead atoms. The van der Waals surface area contributed by atoms with Gasteiger partial charge in [-0.1, -0.05) is 0 Å². The molecular formula is C26H33N4O7P. The van der Waals surface area contributed by atoms with Crippen LogP contribution < -0.4 is 11.2 Å². The van der Waals surface area contributed by atoms with Gasteiger partial charge in [-0.2, -0.15) is 0 Å². The lowest BCUT2D eigenvalue weighted by Gasteiger charge is -2.19. The van der Waals surface area contributed by atoms with Crippen molar-refractivity contribution in [3.8, 4) is 11.4 Å². The van der Waals surface area contributed by atoms with E-state index in [0.717, 1.165) is 35.4 Å². The second-order valence-corrected chi connectivity index (χ2v) is 11.6. The van der Waals surface area contributed by atoms with Crippen LogP contribution in [0.25, 0.3) is 11.4 Å². The van der Waals surface area contributed by atoms with Gasteiger partial charge in [-0.15, -0.1) is 0 Å². The summed E-state index contributed by atoms with van der Waals surface area (Å²) < 4.78 is 30.7. The Bertz CT molecular complexity index is 1420. The number of aryl methyl sites for hydroxylation is 3. The number of nitrogens with one attached hydrogen (secondary N) is 1. The molecule has 3 aromatic rings. The molecule has 1 fully saturated rings. The fourth-order valence-corrected chi connectivity index (χ4v) is 5.14. The lowest BCUT2D eigenvalue weighted by atomic mass is 10.1. The summed E-state index contributed by atoms with van der Waals surface area (Å²) in [6.07, 6.45) is 4.89. The quantitative estimate of drug-likeness (QED) is 0.275. The van der Waals surface area contributed by atoms with Crippen LogP contribution in [0.5, 0.6) is 0 Å². The van der Waals surface area contributed by atoms with Gasteiger partial charge in [0.1, 0.15) is 12.3 Å². The summed E-state index contributed by atoms with van der Waals surface area (Å²) in [4.78, 5) is 34.7. The zero-order valence-corrected chi connectivity index (χ0v) is 22.6. The predicted octanol–water partition coefficient (Wildman–Crippen LogP) is 3.14. The van der Waals surface area contributed by atoms with Crippen molar-refractivity contribution in [1.82, 2.24) is 19.5 Å². The lowest BCUT2D eigenvalue weighted by Crippen LogP contribution is -2.33. The molecule has 0 aromatic carbocycles. The van der Waals surface area contributed by atoms with Gasteiger partial charge in [-0.05, 0) is 68.5 Å². The first-order valence-electron chi connectivity index (χ1n) is 12.5. The van der Waals surface area contributed by atoms with Crippen molar-refractivity contribution in [2.45, 2.75) is 58.0 Å². The highest BCUT2D eigenvalue weighted by Crippen LogP contribution is 2.45. The molecule has 38 heavy (non-hydrogen) atoms. The van der Waals surface area contributed by atoms with Crippen molar-refractivity contribution < 1.29 is 23.5 Å². The van der Waals surface area contributed by atoms with E-state index in [-0.39, 0.29) is 19.6 Å². The molecule has 1 aliphatic rings. The highest BCUT2D eigenvalue weighted by molar-refractivity contribution is 7.52. The zero-order valence-electron chi connectivity index (χ0n) is 21.7. The molecule has 0 saturated carbocycles. The Morgan fingerprint density at radius 3 is 2.63 bits per heavy atom. The number of hydrogen-bond donors (Lipinski definition) is 2. The first-order valence-corrected chi connectivity index (χ1v) is 14.5. The highest BCUT2D eigenvalue weighted by atomic mass is 31.2. The standard InChI is InChI=1S/C26H33N4O7P/c1-17-7-9-27-20(12-17)21-13-19(8-10-28-21)6-4-5-11-35-38(3,34)36-16-23-22(31)14-24(37-23)30-15-18(2)25(32)29-26(30)33/h7-10,12-13,15,22-24,31H,4-6,11,14,16H2,1-3H3,(H,29,32,33). The molecule has 1 saturated heterocycles. The van der Waals surface area contributed by atoms with E-state index in [1.54, 1.807) is 19.3 Å². The monoisotopic (exact) mass is 544 g/mol. The maximum absolute atomic E-state index is 12.7. The summed E-state index contributed by atoms with van der Waals surface area (Å²) in [7, 11) is -3.38. The van der Waals surface area contributed by atoms with Crippen LogP contribution in [0.4, 0.5) is 0 Å². The van der Waals surface area contributed by atoms with Crippen LogP contribution in [0.1, 0.15) is 42.2 Å². The Morgan fingerprint density at radius 1 is 1.13 bits per heavy atom. The Morgan fingerprint density at radius 2 is 1.87 bits per heavy atom. The van der Waals surface area contributed by atoms with E-state index in [2.05, 4.69) is 15.0 Å². The van der Waals surface area contributed by atoms with Crippen LogP contribution >= 0.6 is 7.60 Å². The van der Waals surface area contributed by atoms with Gasteiger partial charge < -0.3 is 18.9 Å². The smallest absolute Gasteiger partial charge is 0.330 e. The molecule has 4 unspecified atom stereocenters. The van der Waals surface area contributed by atoms with Crippen LogP contribution in [0.2, 0.25) is 0 Å². The number of unbranched alkanes of at least 4 members (excludes halogenated alkanes) is 1. The van der Waals surface area contributed by atoms with E-state index in [1.165, 1.54) is 17.4 Å². The third-order valence-corrected chi connectivity index (χ3v) is 7.59. The lowest BCUT2D eigenvalue weighted by molar-refractivity contribution is -0.0431. The molecule has 0 spiro atoms. The van der Waals surface area contributed by atoms with Crippen molar-refractivity contribution in [2.75, 3.05) is 19.9 Å². The number of rotatable bonds is 11. The number of H-pyrrole nitrogens is 1. The first-order chi connectivity index (χ1) is 18.1. The van der Waals surface area contributed by atoms with Gasteiger partial charge in [0.25, 0.3) is 5.56 Å². The molecule has 4 heterocycles. The van der Waals surface area contributed by atoms with E-state index in [4.69, 9.17) is 13.8 Å². The summed E-state index contributed by atoms with van der Waals surface area (Å²) >= 11 is 0. The molecule has 12 heteroatoms. The molecule has 4 rings (SSSR count). The van der Waals surface area contributed by atoms with Gasteiger partial charge in [0, 0.05) is 37.2 Å². The molecule has 1 aliphatic heterocycles. The molecule has 0 aliphatic carbocycles. The number of pyridine rings is 2. The first kappa shape index (κ1) is 28.1. The van der Waals surface area contributed by atoms with Crippen LogP contribution in [0.15, 0.2) is 52.4 Å². The SMILES string of the molecule is Cc1ccnc(-c2cc(CCCCOP(C)(=O)OCC3OC(n4cc(C)c(=O)[nH]c4=O)CC3O)ccn2)c1. The molecule has 0 amide bonds. The number of ether oxygens (including phenoxy) is 1. The van der Waals surface area contributed by atoms with Crippen molar-refractivity contribution in [1.29, 1.82) is 0 Å².